The Morgan fingerprint density at radius 3 is 2.41 bits per heavy atom. The number of rotatable bonds is 5. The molecule has 27 heavy (non-hydrogen) atoms. The number of aromatic nitrogens is 2. The van der Waals surface area contributed by atoms with Crippen molar-refractivity contribution in [3.05, 3.63) is 76.7 Å². The van der Waals surface area contributed by atoms with Gasteiger partial charge < -0.3 is 9.72 Å². The standard InChI is InChI=1S/C23H25ClN2O/c1-16-22(18-7-11-20(24)12-8-18)26-23(25-16)19-9-13-21(14-10-19)27-15-17-5-3-2-4-6-17/h2-8,11-12,19,21H,9-10,13-15H2,1H3,(H,25,26). The largest absolute Gasteiger partial charge is 0.374 e. The van der Waals surface area contributed by atoms with Gasteiger partial charge in [0.15, 0.2) is 0 Å². The second kappa shape index (κ2) is 8.28. The molecular formula is C23H25ClN2O. The van der Waals surface area contributed by atoms with E-state index in [4.69, 9.17) is 21.3 Å². The number of benzene rings is 2. The second-order valence-corrected chi connectivity index (χ2v) is 7.80. The molecule has 4 heteroatoms. The number of nitrogens with one attached hydrogen (secondary N) is 1. The van der Waals surface area contributed by atoms with Crippen molar-refractivity contribution in [2.24, 2.45) is 0 Å². The summed E-state index contributed by atoms with van der Waals surface area (Å²) >= 11 is 6.01. The fourth-order valence-corrected chi connectivity index (χ4v) is 3.99. The van der Waals surface area contributed by atoms with Gasteiger partial charge in [-0.1, -0.05) is 54.1 Å². The van der Waals surface area contributed by atoms with E-state index in [0.29, 0.717) is 18.6 Å². The number of aryl methyl sites for hydroxylation is 1. The summed E-state index contributed by atoms with van der Waals surface area (Å²) < 4.78 is 6.12. The van der Waals surface area contributed by atoms with Crippen LogP contribution in [0.15, 0.2) is 54.6 Å². The Balaban J connectivity index is 1.36. The van der Waals surface area contributed by atoms with Crippen LogP contribution in [0.4, 0.5) is 0 Å². The SMILES string of the molecule is Cc1nc(C2CCC(OCc3ccccc3)CC2)[nH]c1-c1ccc(Cl)cc1. The van der Waals surface area contributed by atoms with Gasteiger partial charge in [-0.05, 0) is 55.9 Å². The summed E-state index contributed by atoms with van der Waals surface area (Å²) in [6.07, 6.45) is 4.77. The molecule has 0 atom stereocenters. The van der Waals surface area contributed by atoms with Crippen LogP contribution < -0.4 is 0 Å². The number of H-pyrrole nitrogens is 1. The van der Waals surface area contributed by atoms with E-state index >= 15 is 0 Å². The minimum atomic E-state index is 0.355. The zero-order valence-corrected chi connectivity index (χ0v) is 16.4. The monoisotopic (exact) mass is 380 g/mol. The third kappa shape index (κ3) is 4.42. The lowest BCUT2D eigenvalue weighted by atomic mass is 9.87. The van der Waals surface area contributed by atoms with Crippen molar-refractivity contribution in [1.29, 1.82) is 0 Å². The summed E-state index contributed by atoms with van der Waals surface area (Å²) in [6, 6.07) is 18.3. The molecule has 0 bridgehead atoms. The van der Waals surface area contributed by atoms with Gasteiger partial charge in [0.25, 0.3) is 0 Å². The number of imidazole rings is 1. The number of ether oxygens (including phenoxy) is 1. The predicted molar refractivity (Wildman–Crippen MR) is 110 cm³/mol. The molecule has 2 aromatic carbocycles. The van der Waals surface area contributed by atoms with Crippen molar-refractivity contribution in [2.45, 2.75) is 51.2 Å². The second-order valence-electron chi connectivity index (χ2n) is 7.36. The molecule has 1 fully saturated rings. The van der Waals surface area contributed by atoms with E-state index in [1.54, 1.807) is 0 Å². The molecule has 3 nitrogen and oxygen atoms in total. The highest BCUT2D eigenvalue weighted by molar-refractivity contribution is 6.30. The Morgan fingerprint density at radius 2 is 1.70 bits per heavy atom. The summed E-state index contributed by atoms with van der Waals surface area (Å²) in [6.45, 7) is 2.77. The van der Waals surface area contributed by atoms with E-state index in [-0.39, 0.29) is 0 Å². The molecule has 1 aromatic heterocycles. The highest BCUT2D eigenvalue weighted by Gasteiger charge is 2.25. The maximum atomic E-state index is 6.12. The van der Waals surface area contributed by atoms with Crippen LogP contribution in [0.3, 0.4) is 0 Å². The zero-order valence-electron chi connectivity index (χ0n) is 15.6. The van der Waals surface area contributed by atoms with Crippen LogP contribution in [0.5, 0.6) is 0 Å². The quantitative estimate of drug-likeness (QED) is 0.565. The van der Waals surface area contributed by atoms with Crippen LogP contribution in [-0.4, -0.2) is 16.1 Å². The summed E-state index contributed by atoms with van der Waals surface area (Å²) in [5.74, 6) is 1.60. The average molecular weight is 381 g/mol. The molecular weight excluding hydrogens is 356 g/mol. The third-order valence-corrected chi connectivity index (χ3v) is 5.68. The molecule has 1 aliphatic rings. The fourth-order valence-electron chi connectivity index (χ4n) is 3.87. The first-order valence-corrected chi connectivity index (χ1v) is 10.0. The first kappa shape index (κ1) is 18.3. The van der Waals surface area contributed by atoms with Crippen LogP contribution in [0.1, 0.15) is 48.7 Å². The van der Waals surface area contributed by atoms with Gasteiger partial charge >= 0.3 is 0 Å². The average Bonchev–Trinajstić information content (AvgIpc) is 3.10. The molecule has 1 aliphatic carbocycles. The first-order valence-electron chi connectivity index (χ1n) is 9.67. The molecule has 0 spiro atoms. The Labute approximate surface area is 165 Å². The molecule has 1 saturated carbocycles. The van der Waals surface area contributed by atoms with Gasteiger partial charge in [0.05, 0.1) is 24.1 Å². The summed E-state index contributed by atoms with van der Waals surface area (Å²) in [5, 5.41) is 0.755. The van der Waals surface area contributed by atoms with Crippen LogP contribution in [0.25, 0.3) is 11.3 Å². The van der Waals surface area contributed by atoms with Gasteiger partial charge in [-0.3, -0.25) is 0 Å². The highest BCUT2D eigenvalue weighted by Crippen LogP contribution is 2.35. The minimum absolute atomic E-state index is 0.355. The first-order chi connectivity index (χ1) is 13.2. The molecule has 0 unspecified atom stereocenters. The lowest BCUT2D eigenvalue weighted by molar-refractivity contribution is 0.0129. The van der Waals surface area contributed by atoms with Gasteiger partial charge in [-0.25, -0.2) is 4.98 Å². The molecule has 140 valence electrons. The summed E-state index contributed by atoms with van der Waals surface area (Å²) in [5.41, 5.74) is 4.53. The maximum absolute atomic E-state index is 6.12. The van der Waals surface area contributed by atoms with E-state index in [1.165, 1.54) is 5.56 Å². The van der Waals surface area contributed by atoms with Crippen LogP contribution in [-0.2, 0) is 11.3 Å². The molecule has 0 saturated heterocycles. The van der Waals surface area contributed by atoms with Gasteiger partial charge in [0.1, 0.15) is 5.82 Å². The number of aromatic amines is 1. The van der Waals surface area contributed by atoms with Crippen molar-refractivity contribution in [2.75, 3.05) is 0 Å². The normalized spacial score (nSPS) is 19.9. The fraction of sp³-hybridized carbons (Fsp3) is 0.348. The Hall–Kier alpha value is -2.10. The molecule has 0 amide bonds. The Kier molecular flexibility index (Phi) is 5.61. The van der Waals surface area contributed by atoms with Crippen molar-refractivity contribution >= 4 is 11.6 Å². The number of hydrogen-bond acceptors (Lipinski definition) is 2. The predicted octanol–water partition coefficient (Wildman–Crippen LogP) is 6.28. The molecule has 4 rings (SSSR count). The van der Waals surface area contributed by atoms with Gasteiger partial charge in [0.2, 0.25) is 0 Å². The Bertz CT molecular complexity index is 865. The summed E-state index contributed by atoms with van der Waals surface area (Å²) in [7, 11) is 0. The maximum Gasteiger partial charge on any atom is 0.109 e. The Morgan fingerprint density at radius 1 is 1.00 bits per heavy atom. The van der Waals surface area contributed by atoms with E-state index in [1.807, 2.05) is 30.3 Å². The van der Waals surface area contributed by atoms with Crippen LogP contribution in [0.2, 0.25) is 5.02 Å². The zero-order chi connectivity index (χ0) is 18.6. The molecule has 3 aromatic rings. The third-order valence-electron chi connectivity index (χ3n) is 5.43. The van der Waals surface area contributed by atoms with Crippen LogP contribution >= 0.6 is 11.6 Å². The topological polar surface area (TPSA) is 37.9 Å². The number of nitrogens with zero attached hydrogens (tertiary/aromatic N) is 1. The minimum Gasteiger partial charge on any atom is -0.374 e. The van der Waals surface area contributed by atoms with Crippen molar-refractivity contribution < 1.29 is 4.74 Å². The van der Waals surface area contributed by atoms with E-state index in [2.05, 4.69) is 36.2 Å². The van der Waals surface area contributed by atoms with Crippen molar-refractivity contribution in [3.63, 3.8) is 0 Å². The van der Waals surface area contributed by atoms with Gasteiger partial charge in [0, 0.05) is 10.9 Å². The molecule has 1 heterocycles. The molecule has 0 aliphatic heterocycles. The van der Waals surface area contributed by atoms with Crippen molar-refractivity contribution in [1.82, 2.24) is 9.97 Å². The number of halogens is 1. The lowest BCUT2D eigenvalue weighted by Crippen LogP contribution is -2.21. The van der Waals surface area contributed by atoms with Crippen molar-refractivity contribution in [3.8, 4) is 11.3 Å². The highest BCUT2D eigenvalue weighted by atomic mass is 35.5. The van der Waals surface area contributed by atoms with Gasteiger partial charge in [-0.2, -0.15) is 0 Å². The molecule has 0 radical (unpaired) electrons. The van der Waals surface area contributed by atoms with E-state index < -0.39 is 0 Å². The van der Waals surface area contributed by atoms with Gasteiger partial charge in [-0.15, -0.1) is 0 Å². The summed E-state index contributed by atoms with van der Waals surface area (Å²) in [4.78, 5) is 8.39. The van der Waals surface area contributed by atoms with E-state index in [0.717, 1.165) is 53.5 Å². The molecule has 1 N–H and O–H groups in total. The smallest absolute Gasteiger partial charge is 0.109 e. The van der Waals surface area contributed by atoms with Crippen LogP contribution in [0, 0.1) is 6.92 Å². The number of hydrogen-bond donors (Lipinski definition) is 1. The van der Waals surface area contributed by atoms with E-state index in [9.17, 15) is 0 Å². The lowest BCUT2D eigenvalue weighted by Gasteiger charge is -2.27.